The molecule has 1 aliphatic heterocycles. The van der Waals surface area contributed by atoms with Crippen LogP contribution >= 0.6 is 0 Å². The van der Waals surface area contributed by atoms with Crippen LogP contribution in [-0.4, -0.2) is 59.3 Å². The van der Waals surface area contributed by atoms with Gasteiger partial charge in [-0.05, 0) is 42.5 Å². The van der Waals surface area contributed by atoms with Crippen LogP contribution in [0.4, 0.5) is 0 Å². The number of benzene rings is 2. The number of carbonyl (C=O) groups is 1. The molecule has 0 aliphatic carbocycles. The van der Waals surface area contributed by atoms with Crippen molar-refractivity contribution in [3.8, 4) is 0 Å². The molecule has 0 saturated carbocycles. The second-order valence-electron chi connectivity index (χ2n) is 8.57. The minimum Gasteiger partial charge on any atom is -0.339 e. The highest BCUT2D eigenvalue weighted by Gasteiger charge is 2.29. The Bertz CT molecular complexity index is 1160. The van der Waals surface area contributed by atoms with Crippen molar-refractivity contribution < 1.29 is 13.2 Å². The van der Waals surface area contributed by atoms with E-state index in [-0.39, 0.29) is 17.7 Å². The summed E-state index contributed by atoms with van der Waals surface area (Å²) in [6.07, 6.45) is 7.54. The lowest BCUT2D eigenvalue weighted by atomic mass is 10.1. The lowest BCUT2D eigenvalue weighted by Crippen LogP contribution is -2.39. The zero-order valence-electron chi connectivity index (χ0n) is 18.9. The second-order valence-corrected chi connectivity index (χ2v) is 10.6. The predicted octanol–water partition coefficient (Wildman–Crippen LogP) is 3.39. The molecule has 1 aliphatic rings. The van der Waals surface area contributed by atoms with Gasteiger partial charge in [-0.3, -0.25) is 4.79 Å². The molecule has 2 aromatic carbocycles. The van der Waals surface area contributed by atoms with E-state index in [0.29, 0.717) is 31.6 Å². The Morgan fingerprint density at radius 3 is 2.61 bits per heavy atom. The van der Waals surface area contributed by atoms with E-state index in [9.17, 15) is 13.2 Å². The summed E-state index contributed by atoms with van der Waals surface area (Å²) < 4.78 is 29.4. The molecule has 0 bridgehead atoms. The van der Waals surface area contributed by atoms with Crippen molar-refractivity contribution in [3.05, 3.63) is 90.0 Å². The van der Waals surface area contributed by atoms with E-state index < -0.39 is 10.0 Å². The standard InChI is InChI=1S/C25H30N4O3S/c1-27(33(31,32)19-21-7-3-2-4-8-21)24-11-6-14-29(15-12-24)25(30)23-10-5-9-22(17-23)18-28-16-13-26-20-28/h2-5,7-10,13,16-17,20,24H,6,11-12,14-15,18-19H2,1H3/t24-/m1/s1. The van der Waals surface area contributed by atoms with Crippen LogP contribution in [0, 0.1) is 0 Å². The highest BCUT2D eigenvalue weighted by molar-refractivity contribution is 7.88. The van der Waals surface area contributed by atoms with E-state index in [0.717, 1.165) is 24.0 Å². The van der Waals surface area contributed by atoms with E-state index in [1.807, 2.05) is 70.3 Å². The minimum atomic E-state index is -3.43. The number of carbonyl (C=O) groups excluding carboxylic acids is 1. The van der Waals surface area contributed by atoms with Gasteiger partial charge in [-0.1, -0.05) is 42.5 Å². The summed E-state index contributed by atoms with van der Waals surface area (Å²) in [4.78, 5) is 19.1. The van der Waals surface area contributed by atoms with Gasteiger partial charge in [-0.2, -0.15) is 0 Å². The zero-order chi connectivity index (χ0) is 23.3. The Balaban J connectivity index is 1.39. The van der Waals surface area contributed by atoms with Gasteiger partial charge in [0.25, 0.3) is 5.91 Å². The maximum Gasteiger partial charge on any atom is 0.253 e. The molecule has 7 nitrogen and oxygen atoms in total. The predicted molar refractivity (Wildman–Crippen MR) is 128 cm³/mol. The van der Waals surface area contributed by atoms with Gasteiger partial charge in [0.1, 0.15) is 0 Å². The number of amides is 1. The monoisotopic (exact) mass is 466 g/mol. The maximum atomic E-state index is 13.2. The smallest absolute Gasteiger partial charge is 0.253 e. The lowest BCUT2D eigenvalue weighted by Gasteiger charge is -2.27. The fourth-order valence-corrected chi connectivity index (χ4v) is 5.82. The topological polar surface area (TPSA) is 75.5 Å². The van der Waals surface area contributed by atoms with E-state index in [4.69, 9.17) is 0 Å². The molecular formula is C25H30N4O3S. The Kier molecular flexibility index (Phi) is 7.25. The van der Waals surface area contributed by atoms with Crippen molar-refractivity contribution in [1.29, 1.82) is 0 Å². The molecule has 0 spiro atoms. The Hall–Kier alpha value is -2.97. The first-order valence-corrected chi connectivity index (χ1v) is 12.9. The van der Waals surface area contributed by atoms with Crippen LogP contribution < -0.4 is 0 Å². The van der Waals surface area contributed by atoms with E-state index in [1.165, 1.54) is 4.31 Å². The SMILES string of the molecule is CN([C@@H]1CCCN(C(=O)c2cccc(Cn3ccnc3)c2)CC1)S(=O)(=O)Cc1ccccc1. The number of imidazole rings is 1. The van der Waals surface area contributed by atoms with Gasteiger partial charge in [0.05, 0.1) is 12.1 Å². The third-order valence-corrected chi connectivity index (χ3v) is 8.10. The summed E-state index contributed by atoms with van der Waals surface area (Å²) in [5.41, 5.74) is 2.49. The van der Waals surface area contributed by atoms with E-state index in [1.54, 1.807) is 19.6 Å². The van der Waals surface area contributed by atoms with E-state index >= 15 is 0 Å². The average molecular weight is 467 g/mol. The molecule has 0 radical (unpaired) electrons. The molecular weight excluding hydrogens is 436 g/mol. The minimum absolute atomic E-state index is 0.00192. The number of hydrogen-bond acceptors (Lipinski definition) is 4. The van der Waals surface area contributed by atoms with Crippen molar-refractivity contribution >= 4 is 15.9 Å². The summed E-state index contributed by atoms with van der Waals surface area (Å²) in [5, 5.41) is 0. The van der Waals surface area contributed by atoms with Gasteiger partial charge < -0.3 is 9.47 Å². The molecule has 1 aromatic heterocycles. The third kappa shape index (κ3) is 5.89. The van der Waals surface area contributed by atoms with Gasteiger partial charge in [-0.15, -0.1) is 0 Å². The summed E-state index contributed by atoms with van der Waals surface area (Å²) in [5.74, 6) is -0.00867. The largest absolute Gasteiger partial charge is 0.339 e. The summed E-state index contributed by atoms with van der Waals surface area (Å²) in [7, 11) is -1.76. The van der Waals surface area contributed by atoms with Crippen LogP contribution in [-0.2, 0) is 22.3 Å². The average Bonchev–Trinajstić information content (AvgIpc) is 3.20. The number of sulfonamides is 1. The molecule has 1 fully saturated rings. The van der Waals surface area contributed by atoms with Crippen LogP contribution in [0.25, 0.3) is 0 Å². The van der Waals surface area contributed by atoms with Crippen LogP contribution in [0.1, 0.15) is 40.7 Å². The molecule has 1 atom stereocenters. The normalized spacial score (nSPS) is 17.2. The second kappa shape index (κ2) is 10.3. The molecule has 1 amide bonds. The third-order valence-electron chi connectivity index (χ3n) is 6.23. The van der Waals surface area contributed by atoms with Crippen molar-refractivity contribution in [2.24, 2.45) is 0 Å². The maximum absolute atomic E-state index is 13.2. The fraction of sp³-hybridized carbons (Fsp3) is 0.360. The number of aromatic nitrogens is 2. The Morgan fingerprint density at radius 2 is 1.85 bits per heavy atom. The first-order chi connectivity index (χ1) is 15.9. The van der Waals surface area contributed by atoms with Gasteiger partial charge in [0.2, 0.25) is 10.0 Å². The van der Waals surface area contributed by atoms with E-state index in [2.05, 4.69) is 4.98 Å². The van der Waals surface area contributed by atoms with Gasteiger partial charge in [0, 0.05) is 50.7 Å². The molecule has 0 N–H and O–H groups in total. The van der Waals surface area contributed by atoms with Crippen LogP contribution in [0.3, 0.4) is 0 Å². The summed E-state index contributed by atoms with van der Waals surface area (Å²) >= 11 is 0. The highest BCUT2D eigenvalue weighted by Crippen LogP contribution is 2.22. The Labute approximate surface area is 195 Å². The van der Waals surface area contributed by atoms with Gasteiger partial charge >= 0.3 is 0 Å². The summed E-state index contributed by atoms with van der Waals surface area (Å²) in [6.45, 7) is 1.83. The number of hydrogen-bond donors (Lipinski definition) is 0. The quantitative estimate of drug-likeness (QED) is 0.535. The lowest BCUT2D eigenvalue weighted by molar-refractivity contribution is 0.0759. The van der Waals surface area contributed by atoms with Crippen LogP contribution in [0.2, 0.25) is 0 Å². The fourth-order valence-electron chi connectivity index (χ4n) is 4.34. The molecule has 0 unspecified atom stereocenters. The molecule has 1 saturated heterocycles. The number of rotatable bonds is 7. The molecule has 33 heavy (non-hydrogen) atoms. The van der Waals surface area contributed by atoms with Crippen molar-refractivity contribution in [2.75, 3.05) is 20.1 Å². The van der Waals surface area contributed by atoms with Crippen molar-refractivity contribution in [2.45, 2.75) is 37.6 Å². The number of nitrogens with zero attached hydrogens (tertiary/aromatic N) is 4. The zero-order valence-corrected chi connectivity index (χ0v) is 19.7. The van der Waals surface area contributed by atoms with Crippen LogP contribution in [0.15, 0.2) is 73.3 Å². The first kappa shape index (κ1) is 23.2. The summed E-state index contributed by atoms with van der Waals surface area (Å²) in [6, 6.07) is 16.8. The van der Waals surface area contributed by atoms with Gasteiger partial charge in [-0.25, -0.2) is 17.7 Å². The first-order valence-electron chi connectivity index (χ1n) is 11.3. The number of likely N-dealkylation sites (tertiary alicyclic amines) is 1. The molecule has 174 valence electrons. The van der Waals surface area contributed by atoms with Crippen molar-refractivity contribution in [1.82, 2.24) is 18.8 Å². The van der Waals surface area contributed by atoms with Crippen LogP contribution in [0.5, 0.6) is 0 Å². The highest BCUT2D eigenvalue weighted by atomic mass is 32.2. The van der Waals surface area contributed by atoms with Gasteiger partial charge in [0.15, 0.2) is 0 Å². The van der Waals surface area contributed by atoms with Crippen molar-refractivity contribution in [3.63, 3.8) is 0 Å². The molecule has 3 aromatic rings. The molecule has 4 rings (SSSR count). The molecule has 2 heterocycles. The molecule has 8 heteroatoms. The Morgan fingerprint density at radius 1 is 1.06 bits per heavy atom.